The number of carbonyl (C=O) groups is 1. The molecule has 4 heteroatoms. The minimum atomic E-state index is -2.31. The fourth-order valence-corrected chi connectivity index (χ4v) is 2.35. The molecule has 11 heavy (non-hydrogen) atoms. The molecular weight excluding hydrogens is 164 g/mol. The SMILES string of the molecule is O=CC1CCCC([SH](=O)=O)C1. The van der Waals surface area contributed by atoms with Gasteiger partial charge < -0.3 is 4.79 Å². The maximum absolute atomic E-state index is 10.5. The van der Waals surface area contributed by atoms with Crippen molar-refractivity contribution in [1.82, 2.24) is 0 Å². The Bertz CT molecular complexity index is 202. The molecule has 2 atom stereocenters. The van der Waals surface area contributed by atoms with Crippen LogP contribution in [-0.2, 0) is 15.5 Å². The predicted molar refractivity (Wildman–Crippen MR) is 42.1 cm³/mol. The second kappa shape index (κ2) is 3.85. The molecule has 0 amide bonds. The van der Waals surface area contributed by atoms with E-state index >= 15 is 0 Å². The lowest BCUT2D eigenvalue weighted by Crippen LogP contribution is -2.21. The quantitative estimate of drug-likeness (QED) is 0.488. The first-order chi connectivity index (χ1) is 5.24. The Morgan fingerprint density at radius 3 is 2.55 bits per heavy atom. The highest BCUT2D eigenvalue weighted by Gasteiger charge is 2.22. The van der Waals surface area contributed by atoms with E-state index in [0.29, 0.717) is 6.42 Å². The molecule has 1 rings (SSSR count). The van der Waals surface area contributed by atoms with Crippen LogP contribution in [-0.4, -0.2) is 20.0 Å². The van der Waals surface area contributed by atoms with E-state index in [1.165, 1.54) is 0 Å². The average Bonchev–Trinajstić information content (AvgIpc) is 2.05. The van der Waals surface area contributed by atoms with Crippen molar-refractivity contribution in [3.05, 3.63) is 0 Å². The Kier molecular flexibility index (Phi) is 3.05. The molecule has 0 aromatic rings. The summed E-state index contributed by atoms with van der Waals surface area (Å²) < 4.78 is 21.1. The molecule has 1 aliphatic rings. The summed E-state index contributed by atoms with van der Waals surface area (Å²) in [5.41, 5.74) is 0. The van der Waals surface area contributed by atoms with Gasteiger partial charge in [-0.25, -0.2) is 8.42 Å². The van der Waals surface area contributed by atoms with Gasteiger partial charge in [-0.3, -0.25) is 0 Å². The normalized spacial score (nSPS) is 32.1. The number of carbonyl (C=O) groups excluding carboxylic acids is 1. The average molecular weight is 176 g/mol. The van der Waals surface area contributed by atoms with Crippen LogP contribution in [0.4, 0.5) is 0 Å². The van der Waals surface area contributed by atoms with Crippen LogP contribution in [0.25, 0.3) is 0 Å². The minimum absolute atomic E-state index is 0.0124. The second-order valence-corrected chi connectivity index (χ2v) is 4.30. The van der Waals surface area contributed by atoms with E-state index in [0.717, 1.165) is 25.5 Å². The van der Waals surface area contributed by atoms with E-state index in [2.05, 4.69) is 0 Å². The summed E-state index contributed by atoms with van der Waals surface area (Å²) in [6.07, 6.45) is 3.90. The van der Waals surface area contributed by atoms with Crippen molar-refractivity contribution in [2.45, 2.75) is 30.9 Å². The van der Waals surface area contributed by atoms with Gasteiger partial charge in [0.25, 0.3) is 0 Å². The van der Waals surface area contributed by atoms with Crippen LogP contribution < -0.4 is 0 Å². The maximum Gasteiger partial charge on any atom is 0.143 e. The Labute approximate surface area is 67.7 Å². The summed E-state index contributed by atoms with van der Waals surface area (Å²) in [4.78, 5) is 10.3. The first kappa shape index (κ1) is 8.71. The van der Waals surface area contributed by atoms with Crippen LogP contribution >= 0.6 is 0 Å². The van der Waals surface area contributed by atoms with Crippen molar-refractivity contribution in [3.63, 3.8) is 0 Å². The molecular formula is C7H12O3S. The number of thiol groups is 1. The molecule has 0 heterocycles. The van der Waals surface area contributed by atoms with E-state index in [-0.39, 0.29) is 11.2 Å². The molecule has 0 radical (unpaired) electrons. The minimum Gasteiger partial charge on any atom is -0.303 e. The van der Waals surface area contributed by atoms with Gasteiger partial charge in [0.05, 0.1) is 5.25 Å². The third kappa shape index (κ3) is 2.29. The van der Waals surface area contributed by atoms with Crippen molar-refractivity contribution in [2.75, 3.05) is 0 Å². The predicted octanol–water partition coefficient (Wildman–Crippen LogP) is 0.355. The van der Waals surface area contributed by atoms with Gasteiger partial charge in [0.2, 0.25) is 0 Å². The first-order valence-electron chi connectivity index (χ1n) is 3.83. The van der Waals surface area contributed by atoms with E-state index in [1.807, 2.05) is 0 Å². The molecule has 0 aliphatic heterocycles. The highest BCUT2D eigenvalue weighted by molar-refractivity contribution is 7.73. The zero-order valence-electron chi connectivity index (χ0n) is 6.23. The number of hydrogen-bond acceptors (Lipinski definition) is 3. The lowest BCUT2D eigenvalue weighted by molar-refractivity contribution is -0.111. The molecule has 0 aromatic heterocycles. The molecule has 1 saturated carbocycles. The molecule has 0 aromatic carbocycles. The molecule has 1 aliphatic carbocycles. The van der Waals surface area contributed by atoms with Gasteiger partial charge >= 0.3 is 0 Å². The molecule has 0 bridgehead atoms. The Morgan fingerprint density at radius 1 is 1.27 bits per heavy atom. The molecule has 3 nitrogen and oxygen atoms in total. The van der Waals surface area contributed by atoms with Crippen molar-refractivity contribution < 1.29 is 13.2 Å². The fourth-order valence-electron chi connectivity index (χ4n) is 1.52. The summed E-state index contributed by atoms with van der Waals surface area (Å²) in [7, 11) is -2.31. The van der Waals surface area contributed by atoms with E-state index < -0.39 is 10.7 Å². The topological polar surface area (TPSA) is 51.2 Å². The highest BCUT2D eigenvalue weighted by Crippen LogP contribution is 2.24. The molecule has 0 N–H and O–H groups in total. The molecule has 1 fully saturated rings. The third-order valence-electron chi connectivity index (χ3n) is 2.18. The van der Waals surface area contributed by atoms with Gasteiger partial charge in [-0.05, 0) is 19.3 Å². The van der Waals surface area contributed by atoms with Crippen molar-refractivity contribution in [1.29, 1.82) is 0 Å². The summed E-state index contributed by atoms with van der Waals surface area (Å²) in [6, 6.07) is 0. The summed E-state index contributed by atoms with van der Waals surface area (Å²) in [5, 5.41) is -0.242. The van der Waals surface area contributed by atoms with Crippen molar-refractivity contribution in [2.24, 2.45) is 5.92 Å². The van der Waals surface area contributed by atoms with Crippen LogP contribution in [0.3, 0.4) is 0 Å². The zero-order chi connectivity index (χ0) is 8.27. The largest absolute Gasteiger partial charge is 0.303 e. The standard InChI is InChI=1S/C7H12O3S/c8-5-6-2-1-3-7(4-6)11(9)10/h5-7,11H,1-4H2. The van der Waals surface area contributed by atoms with Crippen molar-refractivity contribution >= 4 is 17.0 Å². The third-order valence-corrected chi connectivity index (χ3v) is 3.24. The van der Waals surface area contributed by atoms with E-state index in [1.54, 1.807) is 0 Å². The highest BCUT2D eigenvalue weighted by atomic mass is 32.2. The Balaban J connectivity index is 2.52. The first-order valence-corrected chi connectivity index (χ1v) is 5.07. The van der Waals surface area contributed by atoms with Gasteiger partial charge in [-0.1, -0.05) is 6.42 Å². The van der Waals surface area contributed by atoms with Crippen molar-refractivity contribution in [3.8, 4) is 0 Å². The molecule has 64 valence electrons. The zero-order valence-corrected chi connectivity index (χ0v) is 7.13. The maximum atomic E-state index is 10.5. The second-order valence-electron chi connectivity index (χ2n) is 3.00. The summed E-state index contributed by atoms with van der Waals surface area (Å²) in [6.45, 7) is 0. The molecule has 2 unspecified atom stereocenters. The number of aldehydes is 1. The smallest absolute Gasteiger partial charge is 0.143 e. The van der Waals surface area contributed by atoms with Crippen LogP contribution in [0.1, 0.15) is 25.7 Å². The molecule has 0 saturated heterocycles. The Hall–Kier alpha value is -0.380. The number of rotatable bonds is 2. The fraction of sp³-hybridized carbons (Fsp3) is 0.857. The monoisotopic (exact) mass is 176 g/mol. The van der Waals surface area contributed by atoms with Gasteiger partial charge in [-0.15, -0.1) is 0 Å². The van der Waals surface area contributed by atoms with Gasteiger partial charge in [0, 0.05) is 5.92 Å². The van der Waals surface area contributed by atoms with Crippen LogP contribution in [0.5, 0.6) is 0 Å². The summed E-state index contributed by atoms with van der Waals surface area (Å²) >= 11 is 0. The van der Waals surface area contributed by atoms with Gasteiger partial charge in [-0.2, -0.15) is 0 Å². The molecule has 0 spiro atoms. The number of hydrogen-bond donors (Lipinski definition) is 1. The van der Waals surface area contributed by atoms with Crippen LogP contribution in [0.15, 0.2) is 0 Å². The summed E-state index contributed by atoms with van der Waals surface area (Å²) in [5.74, 6) is -0.0124. The van der Waals surface area contributed by atoms with E-state index in [4.69, 9.17) is 0 Å². The van der Waals surface area contributed by atoms with Crippen LogP contribution in [0, 0.1) is 5.92 Å². The Morgan fingerprint density at radius 2 is 2.00 bits per heavy atom. The van der Waals surface area contributed by atoms with Gasteiger partial charge in [0.15, 0.2) is 0 Å². The lowest BCUT2D eigenvalue weighted by Gasteiger charge is -2.20. The lowest BCUT2D eigenvalue weighted by atomic mass is 9.90. The van der Waals surface area contributed by atoms with Gasteiger partial charge in [0.1, 0.15) is 17.0 Å². The van der Waals surface area contributed by atoms with E-state index in [9.17, 15) is 13.2 Å². The van der Waals surface area contributed by atoms with Crippen LogP contribution in [0.2, 0.25) is 0 Å².